The number of aryl methyl sites for hydroxylation is 1. The summed E-state index contributed by atoms with van der Waals surface area (Å²) in [6.07, 6.45) is 1.83. The predicted octanol–water partition coefficient (Wildman–Crippen LogP) is 3.41. The van der Waals surface area contributed by atoms with Crippen molar-refractivity contribution in [3.8, 4) is 6.07 Å². The summed E-state index contributed by atoms with van der Waals surface area (Å²) < 4.78 is 43.3. The van der Waals surface area contributed by atoms with Crippen LogP contribution >= 0.6 is 11.8 Å². The van der Waals surface area contributed by atoms with Crippen molar-refractivity contribution in [1.82, 2.24) is 4.98 Å². The molecule has 1 unspecified atom stereocenters. The average molecular weight is 431 g/mol. The van der Waals surface area contributed by atoms with E-state index in [1.807, 2.05) is 6.07 Å². The fraction of sp³-hybridized carbons (Fsp3) is 0.300. The van der Waals surface area contributed by atoms with Gasteiger partial charge in [0, 0.05) is 34.7 Å². The SMILES string of the molecule is Cc1cc(C#N)cnc1C(=O)Nc1cc(F)c(F)c([C@@]2(CF)N=C(N)SC3C[C@H]32)c1. The van der Waals surface area contributed by atoms with Crippen molar-refractivity contribution in [2.24, 2.45) is 16.6 Å². The number of amides is 1. The maximum Gasteiger partial charge on any atom is 0.274 e. The van der Waals surface area contributed by atoms with Gasteiger partial charge in [0.1, 0.15) is 24.0 Å². The van der Waals surface area contributed by atoms with E-state index in [0.29, 0.717) is 12.0 Å². The Morgan fingerprint density at radius 3 is 2.87 bits per heavy atom. The maximum atomic E-state index is 14.7. The zero-order valence-corrected chi connectivity index (χ0v) is 16.6. The summed E-state index contributed by atoms with van der Waals surface area (Å²) in [4.78, 5) is 20.7. The Kier molecular flexibility index (Phi) is 4.94. The molecule has 3 N–H and O–H groups in total. The van der Waals surface area contributed by atoms with E-state index in [1.165, 1.54) is 30.1 Å². The second kappa shape index (κ2) is 7.32. The van der Waals surface area contributed by atoms with Crippen LogP contribution in [-0.2, 0) is 5.54 Å². The van der Waals surface area contributed by atoms with Crippen molar-refractivity contribution in [2.45, 2.75) is 24.1 Å². The molecule has 2 aromatic rings. The lowest BCUT2D eigenvalue weighted by molar-refractivity contribution is 0.102. The molecule has 0 saturated heterocycles. The van der Waals surface area contributed by atoms with Crippen LogP contribution in [0.2, 0.25) is 0 Å². The molecule has 1 aromatic heterocycles. The Hall–Kier alpha value is -3.06. The van der Waals surface area contributed by atoms with Gasteiger partial charge >= 0.3 is 0 Å². The number of halogens is 3. The third-order valence-corrected chi connectivity index (χ3v) is 6.46. The highest BCUT2D eigenvalue weighted by atomic mass is 32.2. The number of fused-ring (bicyclic) bond motifs is 1. The normalized spacial score (nSPS) is 24.4. The molecule has 1 fully saturated rings. The highest BCUT2D eigenvalue weighted by molar-refractivity contribution is 8.14. The number of hydrogen-bond donors (Lipinski definition) is 2. The van der Waals surface area contributed by atoms with Gasteiger partial charge in [0.05, 0.1) is 5.56 Å². The summed E-state index contributed by atoms with van der Waals surface area (Å²) in [6, 6.07) is 5.41. The van der Waals surface area contributed by atoms with Crippen molar-refractivity contribution in [1.29, 1.82) is 5.26 Å². The Morgan fingerprint density at radius 1 is 1.43 bits per heavy atom. The molecule has 1 saturated carbocycles. The van der Waals surface area contributed by atoms with Crippen LogP contribution in [0, 0.1) is 35.8 Å². The highest BCUT2D eigenvalue weighted by Gasteiger charge is 2.58. The highest BCUT2D eigenvalue weighted by Crippen LogP contribution is 2.58. The van der Waals surface area contributed by atoms with Gasteiger partial charge in [-0.15, -0.1) is 0 Å². The summed E-state index contributed by atoms with van der Waals surface area (Å²) in [5.74, 6) is -3.42. The van der Waals surface area contributed by atoms with Crippen molar-refractivity contribution >= 4 is 28.5 Å². The van der Waals surface area contributed by atoms with Crippen LogP contribution in [0.3, 0.4) is 0 Å². The minimum atomic E-state index is -1.62. The van der Waals surface area contributed by atoms with Gasteiger partial charge in [-0.2, -0.15) is 5.26 Å². The molecule has 6 nitrogen and oxygen atoms in total. The minimum Gasteiger partial charge on any atom is -0.379 e. The molecule has 2 aliphatic rings. The van der Waals surface area contributed by atoms with Crippen LogP contribution < -0.4 is 11.1 Å². The molecule has 0 bridgehead atoms. The van der Waals surface area contributed by atoms with Gasteiger partial charge in [-0.05, 0) is 31.0 Å². The number of rotatable bonds is 4. The van der Waals surface area contributed by atoms with E-state index in [4.69, 9.17) is 11.0 Å². The molecule has 1 amide bonds. The van der Waals surface area contributed by atoms with E-state index >= 15 is 0 Å². The molecule has 1 aromatic carbocycles. The van der Waals surface area contributed by atoms with E-state index in [9.17, 15) is 18.0 Å². The molecule has 0 spiro atoms. The molecule has 1 aliphatic heterocycles. The van der Waals surface area contributed by atoms with E-state index in [-0.39, 0.29) is 38.8 Å². The molecule has 10 heteroatoms. The van der Waals surface area contributed by atoms with Crippen molar-refractivity contribution in [3.05, 3.63) is 58.4 Å². The molecular formula is C20H16F3N5OS. The molecular weight excluding hydrogens is 415 g/mol. The number of benzene rings is 1. The third kappa shape index (κ3) is 3.29. The number of pyridine rings is 1. The third-order valence-electron chi connectivity index (χ3n) is 5.31. The lowest BCUT2D eigenvalue weighted by atomic mass is 9.85. The number of anilines is 1. The van der Waals surface area contributed by atoms with Gasteiger partial charge < -0.3 is 11.1 Å². The first-order valence-corrected chi connectivity index (χ1v) is 9.92. The summed E-state index contributed by atoms with van der Waals surface area (Å²) in [5.41, 5.74) is 4.59. The fourth-order valence-electron chi connectivity index (χ4n) is 3.77. The fourth-order valence-corrected chi connectivity index (χ4v) is 4.99. The van der Waals surface area contributed by atoms with Crippen LogP contribution in [0.4, 0.5) is 18.9 Å². The van der Waals surface area contributed by atoms with Crippen LogP contribution in [0.1, 0.15) is 33.6 Å². The number of nitrogens with zero attached hydrogens (tertiary/aromatic N) is 3. The van der Waals surface area contributed by atoms with E-state index in [2.05, 4.69) is 15.3 Å². The first-order chi connectivity index (χ1) is 14.3. The van der Waals surface area contributed by atoms with Gasteiger partial charge in [0.2, 0.25) is 0 Å². The van der Waals surface area contributed by atoms with E-state index in [1.54, 1.807) is 6.92 Å². The summed E-state index contributed by atoms with van der Waals surface area (Å²) in [6.45, 7) is 0.557. The largest absolute Gasteiger partial charge is 0.379 e. The average Bonchev–Trinajstić information content (AvgIpc) is 3.49. The predicted molar refractivity (Wildman–Crippen MR) is 107 cm³/mol. The second-order valence-corrected chi connectivity index (χ2v) is 8.54. The minimum absolute atomic E-state index is 0.00413. The number of nitriles is 1. The van der Waals surface area contributed by atoms with E-state index < -0.39 is 29.8 Å². The van der Waals surface area contributed by atoms with Crippen molar-refractivity contribution < 1.29 is 18.0 Å². The Labute approximate surface area is 174 Å². The Bertz CT molecular complexity index is 1130. The molecule has 2 heterocycles. The van der Waals surface area contributed by atoms with Crippen LogP contribution in [0.25, 0.3) is 0 Å². The molecule has 30 heavy (non-hydrogen) atoms. The van der Waals surface area contributed by atoms with Gasteiger partial charge in [-0.3, -0.25) is 4.79 Å². The topological polar surface area (TPSA) is 104 Å². The number of alkyl halides is 1. The molecule has 154 valence electrons. The monoisotopic (exact) mass is 431 g/mol. The standard InChI is InChI=1S/C20H16F3N5OS/c1-9-2-10(6-24)7-26-17(9)18(29)27-11-3-13(16(23)14(22)4-11)20(8-21)12-5-15(12)30-19(25)28-20/h2-4,7,12,15H,5,8H2,1H3,(H2,25,28)(H,27,29)/t12-,15?,20+/m1/s1. The number of hydrogen-bond acceptors (Lipinski definition) is 6. The summed E-state index contributed by atoms with van der Waals surface area (Å²) >= 11 is 1.30. The molecule has 4 rings (SSSR count). The number of carbonyl (C=O) groups is 1. The number of amidine groups is 1. The van der Waals surface area contributed by atoms with Crippen LogP contribution in [-0.4, -0.2) is 28.0 Å². The number of nitrogens with one attached hydrogen (secondary N) is 1. The first-order valence-electron chi connectivity index (χ1n) is 9.04. The van der Waals surface area contributed by atoms with Crippen molar-refractivity contribution in [3.63, 3.8) is 0 Å². The van der Waals surface area contributed by atoms with Crippen LogP contribution in [0.15, 0.2) is 29.4 Å². The summed E-state index contributed by atoms with van der Waals surface area (Å²) in [7, 11) is 0. The molecule has 3 atom stereocenters. The number of aliphatic imine (C=N–C) groups is 1. The Morgan fingerprint density at radius 2 is 2.20 bits per heavy atom. The van der Waals surface area contributed by atoms with Gasteiger partial charge in [0.15, 0.2) is 16.8 Å². The number of aromatic nitrogens is 1. The second-order valence-electron chi connectivity index (χ2n) is 7.28. The smallest absolute Gasteiger partial charge is 0.274 e. The number of carbonyl (C=O) groups excluding carboxylic acids is 1. The Balaban J connectivity index is 1.72. The lowest BCUT2D eigenvalue weighted by Crippen LogP contribution is -2.37. The zero-order chi connectivity index (χ0) is 21.6. The van der Waals surface area contributed by atoms with Crippen molar-refractivity contribution in [2.75, 3.05) is 12.0 Å². The maximum absolute atomic E-state index is 14.7. The first kappa shape index (κ1) is 20.2. The number of nitrogens with two attached hydrogens (primary N) is 1. The van der Waals surface area contributed by atoms with Gasteiger partial charge in [0.25, 0.3) is 5.91 Å². The summed E-state index contributed by atoms with van der Waals surface area (Å²) in [5, 5.41) is 11.5. The quantitative estimate of drug-likeness (QED) is 0.772. The van der Waals surface area contributed by atoms with Gasteiger partial charge in [-0.25, -0.2) is 23.1 Å². The lowest BCUT2D eigenvalue weighted by Gasteiger charge is -2.31. The van der Waals surface area contributed by atoms with Gasteiger partial charge in [-0.1, -0.05) is 11.8 Å². The number of thioether (sulfide) groups is 1. The zero-order valence-electron chi connectivity index (χ0n) is 15.7. The van der Waals surface area contributed by atoms with E-state index in [0.717, 1.165) is 6.07 Å². The molecule has 1 aliphatic carbocycles. The molecule has 0 radical (unpaired) electrons. The van der Waals surface area contributed by atoms with Crippen LogP contribution in [0.5, 0.6) is 0 Å².